The Bertz CT molecular complexity index is 826. The zero-order valence-electron chi connectivity index (χ0n) is 14.6. The van der Waals surface area contributed by atoms with Crippen LogP contribution in [0.4, 0.5) is 5.82 Å². The average molecular weight is 340 g/mol. The van der Waals surface area contributed by atoms with Crippen molar-refractivity contribution < 1.29 is 4.79 Å². The Kier molecular flexibility index (Phi) is 3.43. The lowest BCUT2D eigenvalue weighted by molar-refractivity contribution is -0.130. The fraction of sp³-hybridized carbons (Fsp3) is 0.667. The average Bonchev–Trinajstić information content (AvgIpc) is 3.06. The second-order valence-corrected chi connectivity index (χ2v) is 7.70. The van der Waals surface area contributed by atoms with Crippen molar-refractivity contribution in [3.05, 3.63) is 17.7 Å². The van der Waals surface area contributed by atoms with Crippen molar-refractivity contribution in [2.45, 2.75) is 44.9 Å². The van der Waals surface area contributed by atoms with Gasteiger partial charge in [0.15, 0.2) is 5.65 Å². The van der Waals surface area contributed by atoms with Crippen molar-refractivity contribution in [2.24, 2.45) is 11.8 Å². The van der Waals surface area contributed by atoms with E-state index >= 15 is 0 Å². The number of rotatable bonds is 4. The number of nitrogens with zero attached hydrogens (tertiary/aromatic N) is 5. The summed E-state index contributed by atoms with van der Waals surface area (Å²) in [6.07, 6.45) is 6.96. The number of aromatic nitrogens is 4. The molecule has 2 atom stereocenters. The number of anilines is 1. The number of hydrogen-bond acceptors (Lipinski definition) is 5. The van der Waals surface area contributed by atoms with Gasteiger partial charge in [0.25, 0.3) is 0 Å². The molecule has 7 nitrogen and oxygen atoms in total. The molecule has 0 bridgehead atoms. The second-order valence-electron chi connectivity index (χ2n) is 7.70. The van der Waals surface area contributed by atoms with Crippen LogP contribution >= 0.6 is 0 Å². The molecule has 3 aliphatic rings. The molecular weight excluding hydrogens is 316 g/mol. The quantitative estimate of drug-likeness (QED) is 0.919. The molecule has 1 saturated heterocycles. The number of carbonyl (C=O) groups is 1. The summed E-state index contributed by atoms with van der Waals surface area (Å²) in [6.45, 7) is 4.75. The Hall–Kier alpha value is -2.18. The summed E-state index contributed by atoms with van der Waals surface area (Å²) in [5.41, 5.74) is 1.99. The van der Waals surface area contributed by atoms with E-state index in [2.05, 4.69) is 36.7 Å². The molecule has 2 aromatic rings. The molecule has 0 spiro atoms. The first-order valence-electron chi connectivity index (χ1n) is 9.49. The van der Waals surface area contributed by atoms with Gasteiger partial charge in [-0.1, -0.05) is 13.3 Å². The van der Waals surface area contributed by atoms with Crippen LogP contribution in [0.25, 0.3) is 5.65 Å². The first-order chi connectivity index (χ1) is 12.2. The van der Waals surface area contributed by atoms with Gasteiger partial charge < -0.3 is 10.2 Å². The summed E-state index contributed by atoms with van der Waals surface area (Å²) in [6, 6.07) is 0. The molecular formula is C18H24N6O. The number of nitrogens with one attached hydrogen (secondary N) is 1. The van der Waals surface area contributed by atoms with Gasteiger partial charge in [-0.05, 0) is 24.7 Å². The van der Waals surface area contributed by atoms with Crippen molar-refractivity contribution in [1.82, 2.24) is 24.5 Å². The molecule has 132 valence electrons. The number of amides is 1. The molecule has 1 N–H and O–H groups in total. The van der Waals surface area contributed by atoms with E-state index in [1.807, 2.05) is 0 Å². The summed E-state index contributed by atoms with van der Waals surface area (Å²) in [7, 11) is 0. The lowest BCUT2D eigenvalue weighted by Gasteiger charge is -2.16. The van der Waals surface area contributed by atoms with Crippen LogP contribution in [0.2, 0.25) is 0 Å². The minimum atomic E-state index is 0.259. The Morgan fingerprint density at radius 1 is 1.32 bits per heavy atom. The second kappa shape index (κ2) is 5.68. The van der Waals surface area contributed by atoms with Crippen LogP contribution in [0, 0.1) is 11.8 Å². The van der Waals surface area contributed by atoms with Crippen LogP contribution in [-0.2, 0) is 11.2 Å². The maximum absolute atomic E-state index is 12.6. The Morgan fingerprint density at radius 3 is 3.00 bits per heavy atom. The SMILES string of the molecule is CC[C@H]1CN(C(=O)CC2CC2)C[C@H]1c1nnc2cnc3c(n12)CCN3. The predicted octanol–water partition coefficient (Wildman–Crippen LogP) is 1.84. The molecule has 0 unspecified atom stereocenters. The molecule has 4 heterocycles. The Morgan fingerprint density at radius 2 is 2.20 bits per heavy atom. The highest BCUT2D eigenvalue weighted by molar-refractivity contribution is 5.77. The van der Waals surface area contributed by atoms with Gasteiger partial charge in [0.2, 0.25) is 5.91 Å². The number of likely N-dealkylation sites (tertiary alicyclic amines) is 1. The Balaban J connectivity index is 1.48. The van der Waals surface area contributed by atoms with Gasteiger partial charge >= 0.3 is 0 Å². The fourth-order valence-electron chi connectivity index (χ4n) is 4.37. The third-order valence-corrected chi connectivity index (χ3v) is 6.03. The molecule has 5 rings (SSSR count). The van der Waals surface area contributed by atoms with Gasteiger partial charge in [0, 0.05) is 38.4 Å². The van der Waals surface area contributed by atoms with Gasteiger partial charge in [-0.3, -0.25) is 9.20 Å². The third-order valence-electron chi connectivity index (χ3n) is 6.03. The smallest absolute Gasteiger partial charge is 0.222 e. The van der Waals surface area contributed by atoms with Crippen LogP contribution in [-0.4, -0.2) is 50.0 Å². The third kappa shape index (κ3) is 2.48. The highest BCUT2D eigenvalue weighted by atomic mass is 16.2. The van der Waals surface area contributed by atoms with Crippen molar-refractivity contribution in [2.75, 3.05) is 25.0 Å². The lowest BCUT2D eigenvalue weighted by atomic mass is 9.93. The molecule has 0 radical (unpaired) electrons. The van der Waals surface area contributed by atoms with E-state index < -0.39 is 0 Å². The molecule has 25 heavy (non-hydrogen) atoms. The summed E-state index contributed by atoms with van der Waals surface area (Å²) in [5, 5.41) is 12.2. The van der Waals surface area contributed by atoms with Crippen molar-refractivity contribution in [3.63, 3.8) is 0 Å². The topological polar surface area (TPSA) is 75.4 Å². The minimum absolute atomic E-state index is 0.259. The van der Waals surface area contributed by atoms with E-state index in [1.165, 1.54) is 18.5 Å². The fourth-order valence-corrected chi connectivity index (χ4v) is 4.37. The molecule has 1 aliphatic carbocycles. The minimum Gasteiger partial charge on any atom is -0.368 e. The van der Waals surface area contributed by atoms with Gasteiger partial charge in [-0.2, -0.15) is 0 Å². The van der Waals surface area contributed by atoms with Crippen LogP contribution < -0.4 is 5.32 Å². The maximum Gasteiger partial charge on any atom is 0.222 e. The molecule has 1 saturated carbocycles. The van der Waals surface area contributed by atoms with Gasteiger partial charge in [-0.25, -0.2) is 4.98 Å². The maximum atomic E-state index is 12.6. The number of hydrogen-bond donors (Lipinski definition) is 1. The first kappa shape index (κ1) is 15.1. The number of fused-ring (bicyclic) bond motifs is 3. The van der Waals surface area contributed by atoms with E-state index in [4.69, 9.17) is 0 Å². The van der Waals surface area contributed by atoms with Crippen LogP contribution in [0.3, 0.4) is 0 Å². The van der Waals surface area contributed by atoms with Crippen molar-refractivity contribution in [1.29, 1.82) is 0 Å². The lowest BCUT2D eigenvalue weighted by Crippen LogP contribution is -2.29. The van der Waals surface area contributed by atoms with Crippen LogP contribution in [0.1, 0.15) is 50.0 Å². The summed E-state index contributed by atoms with van der Waals surface area (Å²) in [5.74, 6) is 3.63. The van der Waals surface area contributed by atoms with E-state index in [-0.39, 0.29) is 5.92 Å². The zero-order valence-corrected chi connectivity index (χ0v) is 14.6. The van der Waals surface area contributed by atoms with Gasteiger partial charge in [0.05, 0.1) is 11.9 Å². The standard InChI is InChI=1S/C18H24N6O/c1-2-12-9-23(16(25)7-11-3-4-11)10-13(12)18-22-21-15-8-20-17-14(24(15)18)5-6-19-17/h8,11-13,19H,2-7,9-10H2,1H3/t12-,13+/m0/s1. The van der Waals surface area contributed by atoms with Crippen LogP contribution in [0.15, 0.2) is 6.20 Å². The summed E-state index contributed by atoms with van der Waals surface area (Å²) in [4.78, 5) is 19.1. The molecule has 2 aromatic heterocycles. The van der Waals surface area contributed by atoms with Gasteiger partial charge in [0.1, 0.15) is 11.6 Å². The van der Waals surface area contributed by atoms with E-state index in [9.17, 15) is 4.79 Å². The Labute approximate surface area is 146 Å². The van der Waals surface area contributed by atoms with E-state index in [0.717, 1.165) is 56.2 Å². The van der Waals surface area contributed by atoms with E-state index in [1.54, 1.807) is 6.20 Å². The zero-order chi connectivity index (χ0) is 17.0. The molecule has 0 aromatic carbocycles. The molecule has 1 amide bonds. The summed E-state index contributed by atoms with van der Waals surface area (Å²) < 4.78 is 2.19. The highest BCUT2D eigenvalue weighted by Crippen LogP contribution is 2.38. The van der Waals surface area contributed by atoms with E-state index in [0.29, 0.717) is 17.7 Å². The highest BCUT2D eigenvalue weighted by Gasteiger charge is 2.39. The summed E-state index contributed by atoms with van der Waals surface area (Å²) >= 11 is 0. The van der Waals surface area contributed by atoms with Crippen molar-refractivity contribution in [3.8, 4) is 0 Å². The monoisotopic (exact) mass is 340 g/mol. The number of carbonyl (C=O) groups excluding carboxylic acids is 1. The normalized spacial score (nSPS) is 25.4. The largest absolute Gasteiger partial charge is 0.368 e. The van der Waals surface area contributed by atoms with Crippen molar-refractivity contribution >= 4 is 17.4 Å². The molecule has 7 heteroatoms. The first-order valence-corrected chi connectivity index (χ1v) is 9.49. The van der Waals surface area contributed by atoms with Crippen LogP contribution in [0.5, 0.6) is 0 Å². The molecule has 2 fully saturated rings. The molecule has 2 aliphatic heterocycles. The van der Waals surface area contributed by atoms with Gasteiger partial charge in [-0.15, -0.1) is 10.2 Å². The predicted molar refractivity (Wildman–Crippen MR) is 93.4 cm³/mol.